The molecule has 0 fully saturated rings. The third kappa shape index (κ3) is 3.77. The quantitative estimate of drug-likeness (QED) is 0.616. The molecule has 1 unspecified atom stereocenters. The first-order valence-corrected chi connectivity index (χ1v) is 8.03. The van der Waals surface area contributed by atoms with E-state index >= 15 is 0 Å². The van der Waals surface area contributed by atoms with E-state index in [1.54, 1.807) is 25.1 Å². The number of amides is 1. The van der Waals surface area contributed by atoms with Gasteiger partial charge in [0.15, 0.2) is 15.8 Å². The second kappa shape index (κ2) is 7.50. The summed E-state index contributed by atoms with van der Waals surface area (Å²) in [5.41, 5.74) is 0.531. The molecule has 0 aliphatic carbocycles. The van der Waals surface area contributed by atoms with Crippen LogP contribution in [0.4, 0.5) is 5.69 Å². The van der Waals surface area contributed by atoms with E-state index in [0.717, 1.165) is 16.9 Å². The van der Waals surface area contributed by atoms with Crippen molar-refractivity contribution in [3.8, 4) is 11.5 Å². The van der Waals surface area contributed by atoms with Crippen LogP contribution < -0.4 is 14.8 Å². The number of nitrogens with one attached hydrogen (secondary N) is 1. The molecule has 2 aromatic rings. The highest BCUT2D eigenvalue weighted by atomic mass is 35.5. The fraction of sp³-hybridized carbons (Fsp3) is 0.267. The number of carbonyl (C=O) groups is 1. The molecular formula is C15H15ClN2O5S. The lowest BCUT2D eigenvalue weighted by atomic mass is 10.1. The largest absolute Gasteiger partial charge is 0.493 e. The molecule has 1 atom stereocenters. The second-order valence-corrected chi connectivity index (χ2v) is 6.49. The predicted octanol–water partition coefficient (Wildman–Crippen LogP) is 3.82. The molecule has 1 N–H and O–H groups in total. The van der Waals surface area contributed by atoms with Crippen LogP contribution >= 0.6 is 22.9 Å². The zero-order chi connectivity index (χ0) is 17.9. The fourth-order valence-corrected chi connectivity index (χ4v) is 3.20. The molecule has 0 bridgehead atoms. The number of methoxy groups -OCH3 is 2. The van der Waals surface area contributed by atoms with E-state index in [2.05, 4.69) is 5.32 Å². The van der Waals surface area contributed by atoms with Crippen LogP contribution in [0.3, 0.4) is 0 Å². The maximum atomic E-state index is 12.3. The molecule has 0 saturated carbocycles. The molecule has 1 amide bonds. The maximum Gasteiger partial charge on any atom is 0.299 e. The van der Waals surface area contributed by atoms with Crippen molar-refractivity contribution in [2.75, 3.05) is 14.2 Å². The van der Waals surface area contributed by atoms with Crippen molar-refractivity contribution < 1.29 is 19.2 Å². The molecule has 1 aromatic heterocycles. The number of nitrogens with zero attached hydrogens (tertiary/aromatic N) is 1. The van der Waals surface area contributed by atoms with Gasteiger partial charge >= 0.3 is 0 Å². The Labute approximate surface area is 147 Å². The van der Waals surface area contributed by atoms with Gasteiger partial charge in [0.2, 0.25) is 0 Å². The van der Waals surface area contributed by atoms with Crippen LogP contribution in [0.25, 0.3) is 0 Å². The molecule has 24 heavy (non-hydrogen) atoms. The Hall–Kier alpha value is -2.32. The summed E-state index contributed by atoms with van der Waals surface area (Å²) in [6.07, 6.45) is 0. The van der Waals surface area contributed by atoms with Gasteiger partial charge in [-0.05, 0) is 24.6 Å². The van der Waals surface area contributed by atoms with E-state index < -0.39 is 10.8 Å². The van der Waals surface area contributed by atoms with Crippen molar-refractivity contribution in [2.24, 2.45) is 0 Å². The van der Waals surface area contributed by atoms with Crippen LogP contribution in [0.15, 0.2) is 24.3 Å². The molecule has 1 heterocycles. The summed E-state index contributed by atoms with van der Waals surface area (Å²) < 4.78 is 10.4. The summed E-state index contributed by atoms with van der Waals surface area (Å²) in [6.45, 7) is 1.79. The van der Waals surface area contributed by atoms with Crippen molar-refractivity contribution >= 4 is 34.5 Å². The monoisotopic (exact) mass is 370 g/mol. The number of nitro groups is 1. The number of thiophene rings is 1. The maximum absolute atomic E-state index is 12.3. The Morgan fingerprint density at radius 1 is 1.29 bits per heavy atom. The summed E-state index contributed by atoms with van der Waals surface area (Å²) in [5.74, 6) is 0.698. The lowest BCUT2D eigenvalue weighted by Gasteiger charge is -2.16. The summed E-state index contributed by atoms with van der Waals surface area (Å²) >= 11 is 6.65. The Kier molecular flexibility index (Phi) is 5.63. The van der Waals surface area contributed by atoms with Gasteiger partial charge in [0.25, 0.3) is 11.6 Å². The van der Waals surface area contributed by atoms with E-state index in [1.165, 1.54) is 20.3 Å². The fourth-order valence-electron chi connectivity index (χ4n) is 2.07. The number of carbonyl (C=O) groups excluding carboxylic acids is 1. The van der Waals surface area contributed by atoms with Crippen molar-refractivity contribution in [3.63, 3.8) is 0 Å². The van der Waals surface area contributed by atoms with Crippen molar-refractivity contribution in [1.29, 1.82) is 0 Å². The zero-order valence-corrected chi connectivity index (χ0v) is 14.7. The molecule has 2 rings (SSSR count). The van der Waals surface area contributed by atoms with Crippen molar-refractivity contribution in [1.82, 2.24) is 5.32 Å². The molecule has 0 radical (unpaired) electrons. The molecule has 9 heteroatoms. The first-order valence-electron chi connectivity index (χ1n) is 6.83. The molecule has 0 aliphatic heterocycles. The van der Waals surface area contributed by atoms with Crippen LogP contribution in [0.2, 0.25) is 4.34 Å². The Bertz CT molecular complexity index is 777. The molecule has 0 saturated heterocycles. The van der Waals surface area contributed by atoms with Crippen LogP contribution in [0.5, 0.6) is 11.5 Å². The highest BCUT2D eigenvalue weighted by Crippen LogP contribution is 2.34. The van der Waals surface area contributed by atoms with Crippen LogP contribution in [0.1, 0.15) is 28.2 Å². The standard InChI is InChI=1S/C15H15ClN2O5S/c1-8(9-4-5-11(22-2)12(6-9)23-3)17-15(19)13-7-10(18(20)21)14(16)24-13/h4-8H,1-3H3,(H,17,19). The van der Waals surface area contributed by atoms with Crippen molar-refractivity contribution in [2.45, 2.75) is 13.0 Å². The second-order valence-electron chi connectivity index (χ2n) is 4.84. The number of benzene rings is 1. The average molecular weight is 371 g/mol. The van der Waals surface area contributed by atoms with Crippen LogP contribution in [-0.4, -0.2) is 25.1 Å². The highest BCUT2D eigenvalue weighted by molar-refractivity contribution is 7.18. The Morgan fingerprint density at radius 3 is 2.50 bits per heavy atom. The minimum Gasteiger partial charge on any atom is -0.493 e. The van der Waals surface area contributed by atoms with Gasteiger partial charge in [0, 0.05) is 6.07 Å². The summed E-state index contributed by atoms with van der Waals surface area (Å²) in [6, 6.07) is 6.13. The zero-order valence-electron chi connectivity index (χ0n) is 13.2. The van der Waals surface area contributed by atoms with E-state index in [-0.39, 0.29) is 20.9 Å². The lowest BCUT2D eigenvalue weighted by Crippen LogP contribution is -2.25. The van der Waals surface area contributed by atoms with Crippen LogP contribution in [-0.2, 0) is 0 Å². The minimum absolute atomic E-state index is 0.0241. The number of rotatable bonds is 6. The third-order valence-corrected chi connectivity index (χ3v) is 4.68. The van der Waals surface area contributed by atoms with E-state index in [9.17, 15) is 14.9 Å². The Balaban J connectivity index is 2.17. The van der Waals surface area contributed by atoms with Gasteiger partial charge in [0.05, 0.1) is 25.2 Å². The van der Waals surface area contributed by atoms with Gasteiger partial charge in [-0.1, -0.05) is 17.7 Å². The lowest BCUT2D eigenvalue weighted by molar-refractivity contribution is -0.384. The van der Waals surface area contributed by atoms with E-state index in [4.69, 9.17) is 21.1 Å². The van der Waals surface area contributed by atoms with E-state index in [1.807, 2.05) is 0 Å². The number of halogens is 1. The molecule has 0 aliphatic rings. The Morgan fingerprint density at radius 2 is 1.96 bits per heavy atom. The minimum atomic E-state index is -0.618. The van der Waals surface area contributed by atoms with Gasteiger partial charge in [0.1, 0.15) is 4.88 Å². The molecule has 128 valence electrons. The smallest absolute Gasteiger partial charge is 0.299 e. The van der Waals surface area contributed by atoms with Gasteiger partial charge in [-0.25, -0.2) is 0 Å². The van der Waals surface area contributed by atoms with Gasteiger partial charge in [-0.3, -0.25) is 14.9 Å². The first kappa shape index (κ1) is 18.0. The third-order valence-electron chi connectivity index (χ3n) is 3.34. The molecule has 1 aromatic carbocycles. The van der Waals surface area contributed by atoms with Crippen LogP contribution in [0, 0.1) is 10.1 Å². The van der Waals surface area contributed by atoms with Gasteiger partial charge < -0.3 is 14.8 Å². The molecule has 7 nitrogen and oxygen atoms in total. The molecular weight excluding hydrogens is 356 g/mol. The normalized spacial score (nSPS) is 11.7. The van der Waals surface area contributed by atoms with Gasteiger partial charge in [-0.15, -0.1) is 11.3 Å². The number of ether oxygens (including phenoxy) is 2. The highest BCUT2D eigenvalue weighted by Gasteiger charge is 2.22. The van der Waals surface area contributed by atoms with E-state index in [0.29, 0.717) is 11.5 Å². The van der Waals surface area contributed by atoms with Crippen molar-refractivity contribution in [3.05, 3.63) is 49.2 Å². The average Bonchev–Trinajstić information content (AvgIpc) is 2.96. The molecule has 0 spiro atoms. The van der Waals surface area contributed by atoms with Gasteiger partial charge in [-0.2, -0.15) is 0 Å². The summed E-state index contributed by atoms with van der Waals surface area (Å²) in [4.78, 5) is 22.6. The number of hydrogen-bond donors (Lipinski definition) is 1. The number of hydrogen-bond acceptors (Lipinski definition) is 6. The summed E-state index contributed by atoms with van der Waals surface area (Å²) in [5, 5.41) is 13.6. The predicted molar refractivity (Wildman–Crippen MR) is 91.4 cm³/mol. The SMILES string of the molecule is COc1ccc(C(C)NC(=O)c2cc([N+](=O)[O-])c(Cl)s2)cc1OC. The first-order chi connectivity index (χ1) is 11.4. The summed E-state index contributed by atoms with van der Waals surface area (Å²) in [7, 11) is 3.06. The topological polar surface area (TPSA) is 90.7 Å².